The number of hydrogen-bond donors (Lipinski definition) is 2. The Hall–Kier alpha value is -3.21. The first kappa shape index (κ1) is 22.6. The topological polar surface area (TPSA) is 57.5 Å². The third-order valence-corrected chi connectivity index (χ3v) is 7.90. The second-order valence-corrected chi connectivity index (χ2v) is 10.1. The summed E-state index contributed by atoms with van der Waals surface area (Å²) >= 11 is 1.66. The van der Waals surface area contributed by atoms with Crippen LogP contribution < -0.4 is 0 Å². The van der Waals surface area contributed by atoms with Gasteiger partial charge in [-0.1, -0.05) is 78.9 Å². The molecule has 1 atom stereocenters. The number of carboxylic acids is 1. The first-order valence-electron chi connectivity index (χ1n) is 11.8. The number of aryl methyl sites for hydroxylation is 1. The van der Waals surface area contributed by atoms with Crippen LogP contribution in [0.2, 0.25) is 0 Å². The third kappa shape index (κ3) is 4.56. The fourth-order valence-electron chi connectivity index (χ4n) is 4.66. The minimum atomic E-state index is -0.724. The second kappa shape index (κ2) is 9.57. The molecule has 172 valence electrons. The number of aliphatic hydroxyl groups is 1. The van der Waals surface area contributed by atoms with Crippen molar-refractivity contribution in [1.82, 2.24) is 0 Å². The summed E-state index contributed by atoms with van der Waals surface area (Å²) < 4.78 is 0. The van der Waals surface area contributed by atoms with E-state index in [1.54, 1.807) is 11.3 Å². The van der Waals surface area contributed by atoms with Crippen molar-refractivity contribution in [2.75, 3.05) is 0 Å². The average molecular weight is 469 g/mol. The molecule has 0 aliphatic heterocycles. The van der Waals surface area contributed by atoms with Gasteiger partial charge in [-0.2, -0.15) is 0 Å². The lowest BCUT2D eigenvalue weighted by atomic mass is 9.93. The van der Waals surface area contributed by atoms with Crippen LogP contribution in [-0.2, 0) is 16.6 Å². The molecular weight excluding hydrogens is 440 g/mol. The Bertz CT molecular complexity index is 1250. The number of aliphatic carboxylic acids is 1. The van der Waals surface area contributed by atoms with Crippen molar-refractivity contribution >= 4 is 17.3 Å². The molecule has 0 amide bonds. The molecule has 0 bridgehead atoms. The van der Waals surface area contributed by atoms with Gasteiger partial charge in [-0.15, -0.1) is 11.3 Å². The molecule has 4 heteroatoms. The lowest BCUT2D eigenvalue weighted by molar-refractivity contribution is -0.140. The summed E-state index contributed by atoms with van der Waals surface area (Å²) in [6, 6.07) is 28.8. The molecule has 4 aromatic rings. The highest BCUT2D eigenvalue weighted by molar-refractivity contribution is 7.13. The zero-order valence-corrected chi connectivity index (χ0v) is 19.8. The molecule has 34 heavy (non-hydrogen) atoms. The van der Waals surface area contributed by atoms with Crippen LogP contribution in [-0.4, -0.2) is 16.2 Å². The van der Waals surface area contributed by atoms with Gasteiger partial charge in [0, 0.05) is 4.88 Å². The molecule has 3 aromatic carbocycles. The molecule has 1 heterocycles. The number of carboxylic acid groups (broad SMARTS) is 1. The van der Waals surface area contributed by atoms with Gasteiger partial charge < -0.3 is 10.2 Å². The van der Waals surface area contributed by atoms with E-state index in [0.29, 0.717) is 0 Å². The van der Waals surface area contributed by atoms with Crippen LogP contribution in [0, 0.1) is 0 Å². The lowest BCUT2D eigenvalue weighted by Crippen LogP contribution is -2.19. The number of hydrogen-bond acceptors (Lipinski definition) is 3. The highest BCUT2D eigenvalue weighted by Gasteiger charge is 2.51. The Balaban J connectivity index is 1.26. The number of carbonyl (C=O) groups is 1. The highest BCUT2D eigenvalue weighted by Crippen LogP contribution is 2.48. The summed E-state index contributed by atoms with van der Waals surface area (Å²) in [5.41, 5.74) is 5.80. The largest absolute Gasteiger partial charge is 0.481 e. The van der Waals surface area contributed by atoms with E-state index in [2.05, 4.69) is 48.5 Å². The normalized spacial score (nSPS) is 15.1. The van der Waals surface area contributed by atoms with Crippen LogP contribution in [0.15, 0.2) is 90.3 Å². The maximum atomic E-state index is 11.6. The lowest BCUT2D eigenvalue weighted by Gasteiger charge is -2.13. The van der Waals surface area contributed by atoms with Crippen molar-refractivity contribution in [3.05, 3.63) is 107 Å². The summed E-state index contributed by atoms with van der Waals surface area (Å²) in [7, 11) is 0. The predicted octanol–water partition coefficient (Wildman–Crippen LogP) is 7.25. The van der Waals surface area contributed by atoms with Crippen molar-refractivity contribution < 1.29 is 15.0 Å². The Morgan fingerprint density at radius 1 is 0.853 bits per heavy atom. The highest BCUT2D eigenvalue weighted by atomic mass is 32.1. The van der Waals surface area contributed by atoms with E-state index in [0.717, 1.165) is 64.8 Å². The van der Waals surface area contributed by atoms with Crippen molar-refractivity contribution in [2.24, 2.45) is 0 Å². The fraction of sp³-hybridized carbons (Fsp3) is 0.233. The van der Waals surface area contributed by atoms with Crippen LogP contribution in [0.1, 0.15) is 48.5 Å². The fourth-order valence-corrected chi connectivity index (χ4v) is 5.63. The molecular formula is C30H28O3S. The Morgan fingerprint density at radius 2 is 1.47 bits per heavy atom. The van der Waals surface area contributed by atoms with E-state index in [1.165, 1.54) is 5.56 Å². The van der Waals surface area contributed by atoms with E-state index in [9.17, 15) is 15.0 Å². The molecule has 0 radical (unpaired) electrons. The molecule has 1 saturated carbocycles. The van der Waals surface area contributed by atoms with Crippen LogP contribution >= 0.6 is 11.3 Å². The molecule has 1 aromatic heterocycles. The van der Waals surface area contributed by atoms with Gasteiger partial charge >= 0.3 is 5.97 Å². The molecule has 1 fully saturated rings. The van der Waals surface area contributed by atoms with E-state index in [-0.39, 0.29) is 0 Å². The quantitative estimate of drug-likeness (QED) is 0.272. The standard InChI is InChI=1S/C30H28O3S/c31-27(8-4-7-21-5-2-1-3-6-21)26-17-20-34-28(26)24-11-9-22(10-12-24)23-13-15-25(16-14-23)30(18-19-30)29(32)33/h1-3,5-6,9-17,20,27,31H,4,7-8,18-19H2,(H,32,33). The van der Waals surface area contributed by atoms with Gasteiger partial charge in [0.15, 0.2) is 0 Å². The number of thiophene rings is 1. The molecule has 1 aliphatic rings. The van der Waals surface area contributed by atoms with Crippen LogP contribution in [0.3, 0.4) is 0 Å². The zero-order chi connectivity index (χ0) is 23.5. The minimum absolute atomic E-state index is 0.471. The summed E-state index contributed by atoms with van der Waals surface area (Å²) in [6.45, 7) is 0. The van der Waals surface area contributed by atoms with Crippen LogP contribution in [0.25, 0.3) is 21.6 Å². The molecule has 3 nitrogen and oxygen atoms in total. The smallest absolute Gasteiger partial charge is 0.314 e. The summed E-state index contributed by atoms with van der Waals surface area (Å²) in [6.07, 6.45) is 3.62. The van der Waals surface area contributed by atoms with Gasteiger partial charge in [-0.3, -0.25) is 4.79 Å². The van der Waals surface area contributed by atoms with Crippen molar-refractivity contribution in [1.29, 1.82) is 0 Å². The third-order valence-electron chi connectivity index (χ3n) is 6.92. The van der Waals surface area contributed by atoms with E-state index >= 15 is 0 Å². The number of aliphatic hydroxyl groups excluding tert-OH is 1. The average Bonchev–Trinajstić information content (AvgIpc) is 3.55. The van der Waals surface area contributed by atoms with Crippen LogP contribution in [0.4, 0.5) is 0 Å². The Labute approximate surface area is 204 Å². The SMILES string of the molecule is O=C(O)C1(c2ccc(-c3ccc(-c4sccc4C(O)CCCc4ccccc4)cc3)cc2)CC1. The monoisotopic (exact) mass is 468 g/mol. The summed E-state index contributed by atoms with van der Waals surface area (Å²) in [5, 5.41) is 22.4. The molecule has 1 aliphatic carbocycles. The maximum Gasteiger partial charge on any atom is 0.314 e. The molecule has 0 saturated heterocycles. The van der Waals surface area contributed by atoms with Gasteiger partial charge in [0.1, 0.15) is 0 Å². The maximum absolute atomic E-state index is 11.6. The van der Waals surface area contributed by atoms with Crippen LogP contribution in [0.5, 0.6) is 0 Å². The minimum Gasteiger partial charge on any atom is -0.481 e. The number of benzene rings is 3. The Kier molecular flexibility index (Phi) is 6.36. The van der Waals surface area contributed by atoms with Gasteiger partial charge in [-0.25, -0.2) is 0 Å². The van der Waals surface area contributed by atoms with Gasteiger partial charge in [0.05, 0.1) is 11.5 Å². The van der Waals surface area contributed by atoms with Gasteiger partial charge in [-0.05, 0) is 76.9 Å². The zero-order valence-electron chi connectivity index (χ0n) is 19.0. The summed E-state index contributed by atoms with van der Waals surface area (Å²) in [5.74, 6) is -0.724. The van der Waals surface area contributed by atoms with E-state index in [4.69, 9.17) is 0 Å². The van der Waals surface area contributed by atoms with Crippen molar-refractivity contribution in [2.45, 2.75) is 43.6 Å². The molecule has 2 N–H and O–H groups in total. The summed E-state index contributed by atoms with van der Waals surface area (Å²) in [4.78, 5) is 12.7. The second-order valence-electron chi connectivity index (χ2n) is 9.14. The van der Waals surface area contributed by atoms with Gasteiger partial charge in [0.2, 0.25) is 0 Å². The van der Waals surface area contributed by atoms with Crippen molar-refractivity contribution in [3.8, 4) is 21.6 Å². The number of rotatable bonds is 9. The van der Waals surface area contributed by atoms with E-state index < -0.39 is 17.5 Å². The first-order valence-corrected chi connectivity index (χ1v) is 12.7. The Morgan fingerprint density at radius 3 is 2.09 bits per heavy atom. The molecule has 0 spiro atoms. The van der Waals surface area contributed by atoms with E-state index in [1.807, 2.05) is 41.8 Å². The van der Waals surface area contributed by atoms with Gasteiger partial charge in [0.25, 0.3) is 0 Å². The molecule has 5 rings (SSSR count). The molecule has 1 unspecified atom stereocenters. The first-order chi connectivity index (χ1) is 16.6. The van der Waals surface area contributed by atoms with Crippen molar-refractivity contribution in [3.63, 3.8) is 0 Å². The predicted molar refractivity (Wildman–Crippen MR) is 138 cm³/mol.